The third-order valence-corrected chi connectivity index (χ3v) is 2.68. The van der Waals surface area contributed by atoms with Gasteiger partial charge >= 0.3 is 6.03 Å². The highest BCUT2D eigenvalue weighted by atomic mass is 16.3. The van der Waals surface area contributed by atoms with Crippen LogP contribution < -0.4 is 16.1 Å². The number of H-pyrrole nitrogens is 1. The number of nitrogens with one attached hydrogen (secondary N) is 3. The van der Waals surface area contributed by atoms with Crippen LogP contribution in [-0.4, -0.2) is 29.3 Å². The number of aromatic amines is 1. The fraction of sp³-hybridized carbons (Fsp3) is 0.231. The van der Waals surface area contributed by atoms with Crippen LogP contribution in [0.15, 0.2) is 29.2 Å². The van der Waals surface area contributed by atoms with E-state index in [2.05, 4.69) is 15.6 Å². The van der Waals surface area contributed by atoms with Gasteiger partial charge in [-0.2, -0.15) is 0 Å². The fourth-order valence-corrected chi connectivity index (χ4v) is 1.76. The number of aromatic nitrogens is 1. The third kappa shape index (κ3) is 2.92. The fourth-order valence-electron chi connectivity index (χ4n) is 1.76. The van der Waals surface area contributed by atoms with Crippen LogP contribution in [0.5, 0.6) is 0 Å². The molecule has 6 nitrogen and oxygen atoms in total. The Kier molecular flexibility index (Phi) is 3.82. The second-order valence-electron chi connectivity index (χ2n) is 4.19. The number of amides is 2. The summed E-state index contributed by atoms with van der Waals surface area (Å²) in [7, 11) is 0. The second-order valence-corrected chi connectivity index (χ2v) is 4.19. The van der Waals surface area contributed by atoms with Gasteiger partial charge < -0.3 is 20.7 Å². The maximum absolute atomic E-state index is 12.2. The molecule has 0 aliphatic heterocycles. The summed E-state index contributed by atoms with van der Waals surface area (Å²) in [5.41, 5.74) is 1.63. The number of fused-ring (bicyclic) bond motifs is 1. The second kappa shape index (κ2) is 5.53. The summed E-state index contributed by atoms with van der Waals surface area (Å²) in [6.07, 6.45) is 1.46. The van der Waals surface area contributed by atoms with Crippen molar-refractivity contribution in [1.82, 2.24) is 10.3 Å². The van der Waals surface area contributed by atoms with Crippen molar-refractivity contribution in [2.24, 2.45) is 0 Å². The first-order valence-electron chi connectivity index (χ1n) is 5.89. The average Bonchev–Trinajstić information content (AvgIpc) is 2.40. The number of carbonyl (C=O) groups is 1. The van der Waals surface area contributed by atoms with E-state index in [4.69, 9.17) is 5.11 Å². The van der Waals surface area contributed by atoms with Gasteiger partial charge in [0.15, 0.2) is 0 Å². The Morgan fingerprint density at radius 1 is 1.42 bits per heavy atom. The van der Waals surface area contributed by atoms with Crippen LogP contribution in [0.25, 0.3) is 10.9 Å². The lowest BCUT2D eigenvalue weighted by Gasteiger charge is -2.07. The molecule has 6 heteroatoms. The Hall–Kier alpha value is -2.34. The summed E-state index contributed by atoms with van der Waals surface area (Å²) in [6.45, 7) is 1.88. The molecular formula is C13H15N3O3. The van der Waals surface area contributed by atoms with Gasteiger partial charge in [0.1, 0.15) is 5.69 Å². The Morgan fingerprint density at radius 3 is 2.95 bits per heavy atom. The van der Waals surface area contributed by atoms with Crippen molar-refractivity contribution in [2.75, 3.05) is 18.5 Å². The summed E-state index contributed by atoms with van der Waals surface area (Å²) in [5.74, 6) is 0. The van der Waals surface area contributed by atoms with Crippen molar-refractivity contribution < 1.29 is 9.90 Å². The zero-order valence-electron chi connectivity index (χ0n) is 10.5. The average molecular weight is 261 g/mol. The predicted octanol–water partition coefficient (Wildman–Crippen LogP) is 0.950. The largest absolute Gasteiger partial charge is 0.395 e. The van der Waals surface area contributed by atoms with Crippen molar-refractivity contribution >= 4 is 22.6 Å². The molecule has 2 amide bonds. The molecule has 0 radical (unpaired) electrons. The summed E-state index contributed by atoms with van der Waals surface area (Å²) in [4.78, 5) is 26.6. The number of aryl methyl sites for hydroxylation is 1. The van der Waals surface area contributed by atoms with Crippen molar-refractivity contribution in [1.29, 1.82) is 0 Å². The molecule has 2 aromatic rings. The van der Waals surface area contributed by atoms with Gasteiger partial charge in [0.05, 0.1) is 6.61 Å². The molecular weight excluding hydrogens is 246 g/mol. The summed E-state index contributed by atoms with van der Waals surface area (Å²) < 4.78 is 0. The van der Waals surface area contributed by atoms with E-state index >= 15 is 0 Å². The zero-order valence-corrected chi connectivity index (χ0v) is 10.5. The summed E-state index contributed by atoms with van der Waals surface area (Å²) in [5, 5.41) is 14.0. The van der Waals surface area contributed by atoms with Crippen LogP contribution in [0, 0.1) is 6.92 Å². The topological polar surface area (TPSA) is 94.2 Å². The molecule has 19 heavy (non-hydrogen) atoms. The van der Waals surface area contributed by atoms with E-state index < -0.39 is 6.03 Å². The quantitative estimate of drug-likeness (QED) is 0.662. The van der Waals surface area contributed by atoms with Crippen LogP contribution in [0.2, 0.25) is 0 Å². The first kappa shape index (κ1) is 13.1. The Morgan fingerprint density at radius 2 is 2.21 bits per heavy atom. The number of aliphatic hydroxyl groups excluding tert-OH is 1. The molecule has 0 saturated carbocycles. The number of hydrogen-bond donors (Lipinski definition) is 4. The molecule has 0 fully saturated rings. The highest BCUT2D eigenvalue weighted by molar-refractivity contribution is 5.91. The minimum atomic E-state index is -0.522. The molecule has 100 valence electrons. The molecule has 0 aliphatic carbocycles. The molecule has 0 bridgehead atoms. The van der Waals surface area contributed by atoms with Crippen LogP contribution in [0.4, 0.5) is 10.5 Å². The number of urea groups is 1. The lowest BCUT2D eigenvalue weighted by molar-refractivity contribution is 0.245. The zero-order chi connectivity index (χ0) is 13.8. The van der Waals surface area contributed by atoms with E-state index in [1.807, 2.05) is 19.1 Å². The predicted molar refractivity (Wildman–Crippen MR) is 73.4 cm³/mol. The normalized spacial score (nSPS) is 10.4. The van der Waals surface area contributed by atoms with E-state index in [1.54, 1.807) is 6.07 Å². The third-order valence-electron chi connectivity index (χ3n) is 2.68. The maximum atomic E-state index is 12.2. The van der Waals surface area contributed by atoms with Gasteiger partial charge in [-0.1, -0.05) is 11.6 Å². The van der Waals surface area contributed by atoms with Gasteiger partial charge in [-0.3, -0.25) is 4.79 Å². The Balaban J connectivity index is 2.32. The molecule has 4 N–H and O–H groups in total. The first-order chi connectivity index (χ1) is 9.11. The van der Waals surface area contributed by atoms with Crippen LogP contribution in [0.1, 0.15) is 5.56 Å². The highest BCUT2D eigenvalue weighted by Crippen LogP contribution is 2.12. The highest BCUT2D eigenvalue weighted by Gasteiger charge is 2.08. The summed E-state index contributed by atoms with van der Waals surface area (Å²) in [6, 6.07) is 4.97. The molecule has 0 spiro atoms. The standard InChI is InChI=1S/C13H15N3O3/c1-8-2-3-10-9(6-8)12(18)11(7-15-10)16-13(19)14-4-5-17/h2-3,6-7,17H,4-5H2,1H3,(H,15,18)(H2,14,16,19). The monoisotopic (exact) mass is 261 g/mol. The minimum absolute atomic E-state index is 0.135. The molecule has 2 rings (SSSR count). The Bertz CT molecular complexity index is 664. The van der Waals surface area contributed by atoms with Crippen molar-refractivity contribution in [2.45, 2.75) is 6.92 Å². The van der Waals surface area contributed by atoms with Crippen molar-refractivity contribution in [3.05, 3.63) is 40.2 Å². The van der Waals surface area contributed by atoms with Gasteiger partial charge in [0, 0.05) is 23.6 Å². The van der Waals surface area contributed by atoms with Gasteiger partial charge in [-0.05, 0) is 19.1 Å². The van der Waals surface area contributed by atoms with E-state index in [1.165, 1.54) is 6.20 Å². The van der Waals surface area contributed by atoms with Crippen LogP contribution in [-0.2, 0) is 0 Å². The lowest BCUT2D eigenvalue weighted by atomic mass is 10.1. The van der Waals surface area contributed by atoms with Gasteiger partial charge in [0.2, 0.25) is 5.43 Å². The Labute approximate surface area is 109 Å². The molecule has 1 heterocycles. The molecule has 0 unspecified atom stereocenters. The van der Waals surface area contributed by atoms with Crippen molar-refractivity contribution in [3.63, 3.8) is 0 Å². The molecule has 0 saturated heterocycles. The first-order valence-corrected chi connectivity index (χ1v) is 5.89. The SMILES string of the molecule is Cc1ccc2[nH]cc(NC(=O)NCCO)c(=O)c2c1. The van der Waals surface area contributed by atoms with Crippen LogP contribution in [0.3, 0.4) is 0 Å². The number of anilines is 1. The smallest absolute Gasteiger partial charge is 0.319 e. The number of rotatable bonds is 3. The van der Waals surface area contributed by atoms with Gasteiger partial charge in [-0.15, -0.1) is 0 Å². The molecule has 0 aliphatic rings. The number of aliphatic hydroxyl groups is 1. The van der Waals surface area contributed by atoms with E-state index in [0.717, 1.165) is 11.1 Å². The van der Waals surface area contributed by atoms with E-state index in [0.29, 0.717) is 5.39 Å². The number of carbonyl (C=O) groups excluding carboxylic acids is 1. The maximum Gasteiger partial charge on any atom is 0.319 e. The van der Waals surface area contributed by atoms with Crippen LogP contribution >= 0.6 is 0 Å². The van der Waals surface area contributed by atoms with Gasteiger partial charge in [-0.25, -0.2) is 4.79 Å². The van der Waals surface area contributed by atoms with E-state index in [9.17, 15) is 9.59 Å². The molecule has 1 aromatic heterocycles. The summed E-state index contributed by atoms with van der Waals surface area (Å²) >= 11 is 0. The minimum Gasteiger partial charge on any atom is -0.395 e. The van der Waals surface area contributed by atoms with Crippen molar-refractivity contribution in [3.8, 4) is 0 Å². The number of hydrogen-bond acceptors (Lipinski definition) is 3. The number of pyridine rings is 1. The molecule has 1 aromatic carbocycles. The number of benzene rings is 1. The molecule has 0 atom stereocenters. The van der Waals surface area contributed by atoms with E-state index in [-0.39, 0.29) is 24.3 Å². The van der Waals surface area contributed by atoms with Gasteiger partial charge in [0.25, 0.3) is 0 Å². The lowest BCUT2D eigenvalue weighted by Crippen LogP contribution is -2.32.